The summed E-state index contributed by atoms with van der Waals surface area (Å²) in [5.74, 6) is 1.02. The van der Waals surface area contributed by atoms with Crippen LogP contribution in [0.2, 0.25) is 0 Å². The summed E-state index contributed by atoms with van der Waals surface area (Å²) in [6.45, 7) is 2.02. The van der Waals surface area contributed by atoms with Crippen molar-refractivity contribution in [2.75, 3.05) is 5.75 Å². The summed E-state index contributed by atoms with van der Waals surface area (Å²) >= 11 is 3.55. The first-order valence-electron chi connectivity index (χ1n) is 7.36. The van der Waals surface area contributed by atoms with Gasteiger partial charge in [0.1, 0.15) is 5.54 Å². The van der Waals surface area contributed by atoms with Gasteiger partial charge in [-0.25, -0.2) is 4.98 Å². The molecule has 0 amide bonds. The van der Waals surface area contributed by atoms with E-state index < -0.39 is 0 Å². The van der Waals surface area contributed by atoms with E-state index in [9.17, 15) is 5.26 Å². The molecule has 3 nitrogen and oxygen atoms in total. The van der Waals surface area contributed by atoms with E-state index in [2.05, 4.69) is 34.6 Å². The highest BCUT2D eigenvalue weighted by Gasteiger charge is 2.31. The van der Waals surface area contributed by atoms with Gasteiger partial charge in [0, 0.05) is 11.8 Å². The highest BCUT2D eigenvalue weighted by Crippen LogP contribution is 2.30. The summed E-state index contributed by atoms with van der Waals surface area (Å²) in [6.07, 6.45) is 4.37. The molecule has 21 heavy (non-hydrogen) atoms. The molecule has 0 spiro atoms. The van der Waals surface area contributed by atoms with E-state index in [1.54, 1.807) is 23.1 Å². The first-order chi connectivity index (χ1) is 10.2. The molecule has 110 valence electrons. The van der Waals surface area contributed by atoms with Gasteiger partial charge in [-0.05, 0) is 44.7 Å². The monoisotopic (exact) mass is 317 g/mol. The Bertz CT molecular complexity index is 624. The summed E-state index contributed by atoms with van der Waals surface area (Å²) in [7, 11) is 0. The number of fused-ring (bicyclic) bond motifs is 1. The van der Waals surface area contributed by atoms with Gasteiger partial charge >= 0.3 is 0 Å². The topological polar surface area (TPSA) is 48.7 Å². The third-order valence-corrected chi connectivity index (χ3v) is 5.93. The van der Waals surface area contributed by atoms with Gasteiger partial charge in [-0.2, -0.15) is 5.26 Å². The van der Waals surface area contributed by atoms with Crippen LogP contribution in [-0.4, -0.2) is 22.3 Å². The van der Waals surface area contributed by atoms with Crippen LogP contribution in [0.4, 0.5) is 0 Å². The number of aromatic nitrogens is 1. The van der Waals surface area contributed by atoms with Crippen molar-refractivity contribution < 1.29 is 0 Å². The van der Waals surface area contributed by atoms with E-state index in [1.165, 1.54) is 17.5 Å². The lowest BCUT2D eigenvalue weighted by atomic mass is 9.98. The molecule has 1 saturated carbocycles. The maximum atomic E-state index is 9.34. The van der Waals surface area contributed by atoms with Crippen molar-refractivity contribution >= 4 is 33.3 Å². The average Bonchev–Trinajstić information content (AvgIpc) is 3.19. The number of nitrogens with one attached hydrogen (secondary N) is 1. The molecule has 1 N–H and O–H groups in total. The molecule has 1 fully saturated rings. The standard InChI is InChI=1S/C16H19N3S2/c1-16(11-17,19-12-7-8-12)9-4-10-20-15-18-13-5-2-3-6-14(13)21-15/h2-3,5-6,12,19H,4,7-10H2,1H3. The molecule has 2 aromatic rings. The molecule has 1 atom stereocenters. The number of thioether (sulfide) groups is 1. The number of nitrogens with zero attached hydrogens (tertiary/aromatic N) is 2. The van der Waals surface area contributed by atoms with Crippen molar-refractivity contribution in [1.82, 2.24) is 10.3 Å². The van der Waals surface area contributed by atoms with Crippen molar-refractivity contribution in [2.45, 2.75) is 48.5 Å². The van der Waals surface area contributed by atoms with Crippen molar-refractivity contribution in [3.63, 3.8) is 0 Å². The molecule has 0 radical (unpaired) electrons. The van der Waals surface area contributed by atoms with Crippen LogP contribution in [0.1, 0.15) is 32.6 Å². The molecule has 1 unspecified atom stereocenters. The van der Waals surface area contributed by atoms with Crippen molar-refractivity contribution in [1.29, 1.82) is 5.26 Å². The van der Waals surface area contributed by atoms with Crippen molar-refractivity contribution in [2.24, 2.45) is 0 Å². The second kappa shape index (κ2) is 6.35. The van der Waals surface area contributed by atoms with Gasteiger partial charge in [0.25, 0.3) is 0 Å². The fourth-order valence-electron chi connectivity index (χ4n) is 2.34. The van der Waals surface area contributed by atoms with E-state index in [-0.39, 0.29) is 5.54 Å². The fraction of sp³-hybridized carbons (Fsp3) is 0.500. The lowest BCUT2D eigenvalue weighted by molar-refractivity contribution is 0.412. The van der Waals surface area contributed by atoms with E-state index in [0.29, 0.717) is 6.04 Å². The van der Waals surface area contributed by atoms with Crippen LogP contribution < -0.4 is 5.32 Å². The molecule has 0 aliphatic heterocycles. The summed E-state index contributed by atoms with van der Waals surface area (Å²) in [5, 5.41) is 12.8. The van der Waals surface area contributed by atoms with E-state index in [1.807, 2.05) is 13.0 Å². The smallest absolute Gasteiger partial charge is 0.151 e. The Morgan fingerprint density at radius 3 is 3.00 bits per heavy atom. The minimum absolute atomic E-state index is 0.366. The van der Waals surface area contributed by atoms with Crippen LogP contribution in [0.3, 0.4) is 0 Å². The second-order valence-electron chi connectivity index (χ2n) is 5.76. The summed E-state index contributed by atoms with van der Waals surface area (Å²) in [5.41, 5.74) is 0.720. The molecule has 1 aliphatic carbocycles. The van der Waals surface area contributed by atoms with E-state index >= 15 is 0 Å². The van der Waals surface area contributed by atoms with Crippen LogP contribution in [0, 0.1) is 11.3 Å². The number of thiazole rings is 1. The molecule has 1 aliphatic rings. The van der Waals surface area contributed by atoms with Gasteiger partial charge in [-0.1, -0.05) is 23.9 Å². The molecule has 1 aromatic heterocycles. The van der Waals surface area contributed by atoms with Gasteiger partial charge < -0.3 is 0 Å². The Kier molecular flexibility index (Phi) is 4.48. The molecule has 5 heteroatoms. The molecule has 1 heterocycles. The number of para-hydroxylation sites is 1. The highest BCUT2D eigenvalue weighted by atomic mass is 32.2. The van der Waals surface area contributed by atoms with E-state index in [0.717, 1.165) is 28.5 Å². The predicted octanol–water partition coefficient (Wildman–Crippen LogP) is 4.20. The largest absolute Gasteiger partial charge is 0.297 e. The number of nitriles is 1. The van der Waals surface area contributed by atoms with E-state index in [4.69, 9.17) is 0 Å². The zero-order valence-electron chi connectivity index (χ0n) is 12.1. The van der Waals surface area contributed by atoms with Gasteiger partial charge in [-0.15, -0.1) is 11.3 Å². The Balaban J connectivity index is 1.48. The van der Waals surface area contributed by atoms with Crippen molar-refractivity contribution in [3.05, 3.63) is 24.3 Å². The van der Waals surface area contributed by atoms with Crippen LogP contribution in [0.15, 0.2) is 28.6 Å². The Labute approximate surface area is 133 Å². The maximum absolute atomic E-state index is 9.34. The summed E-state index contributed by atoms with van der Waals surface area (Å²) < 4.78 is 2.38. The zero-order valence-corrected chi connectivity index (χ0v) is 13.8. The summed E-state index contributed by atoms with van der Waals surface area (Å²) in [6, 6.07) is 11.3. The van der Waals surface area contributed by atoms with Gasteiger partial charge in [0.2, 0.25) is 0 Å². The Morgan fingerprint density at radius 2 is 2.29 bits per heavy atom. The lowest BCUT2D eigenvalue weighted by Crippen LogP contribution is -2.42. The number of hydrogen-bond donors (Lipinski definition) is 1. The Morgan fingerprint density at radius 1 is 1.48 bits per heavy atom. The number of rotatable bonds is 7. The average molecular weight is 317 g/mol. The minimum Gasteiger partial charge on any atom is -0.297 e. The summed E-state index contributed by atoms with van der Waals surface area (Å²) in [4.78, 5) is 4.63. The van der Waals surface area contributed by atoms with Crippen LogP contribution in [0.25, 0.3) is 10.2 Å². The van der Waals surface area contributed by atoms with Gasteiger partial charge in [-0.3, -0.25) is 5.32 Å². The fourth-order valence-corrected chi connectivity index (χ4v) is 4.41. The molecular weight excluding hydrogens is 298 g/mol. The molecule has 0 bridgehead atoms. The van der Waals surface area contributed by atoms with Gasteiger partial charge in [0.05, 0.1) is 16.3 Å². The zero-order chi connectivity index (χ0) is 14.7. The van der Waals surface area contributed by atoms with Crippen LogP contribution >= 0.6 is 23.1 Å². The Hall–Kier alpha value is -1.09. The highest BCUT2D eigenvalue weighted by molar-refractivity contribution is 8.01. The maximum Gasteiger partial charge on any atom is 0.151 e. The second-order valence-corrected chi connectivity index (χ2v) is 8.13. The SMILES string of the molecule is CC(C#N)(CCCSc1nc2ccccc2s1)NC1CC1. The normalized spacial score (nSPS) is 17.5. The number of benzene rings is 1. The first-order valence-corrected chi connectivity index (χ1v) is 9.16. The number of hydrogen-bond acceptors (Lipinski definition) is 5. The minimum atomic E-state index is -0.366. The third kappa shape index (κ3) is 3.97. The quantitative estimate of drug-likeness (QED) is 0.614. The van der Waals surface area contributed by atoms with Crippen LogP contribution in [0.5, 0.6) is 0 Å². The molecular formula is C16H19N3S2. The van der Waals surface area contributed by atoms with Gasteiger partial charge in [0.15, 0.2) is 4.34 Å². The molecule has 0 saturated heterocycles. The first kappa shape index (κ1) is 14.8. The molecule has 3 rings (SSSR count). The lowest BCUT2D eigenvalue weighted by Gasteiger charge is -2.22. The van der Waals surface area contributed by atoms with Crippen molar-refractivity contribution in [3.8, 4) is 6.07 Å². The predicted molar refractivity (Wildman–Crippen MR) is 89.8 cm³/mol. The molecule has 1 aromatic carbocycles. The van der Waals surface area contributed by atoms with Crippen LogP contribution in [-0.2, 0) is 0 Å². The third-order valence-electron chi connectivity index (χ3n) is 3.67.